The number of hydrogen-bond donors (Lipinski definition) is 0. The maximum atomic E-state index is 11.9. The van der Waals surface area contributed by atoms with Gasteiger partial charge in [-0.2, -0.15) is 8.78 Å². The summed E-state index contributed by atoms with van der Waals surface area (Å²) < 4.78 is 27.9. The fourth-order valence-corrected chi connectivity index (χ4v) is 1.85. The molecule has 2 aromatic rings. The minimum Gasteiger partial charge on any atom is -0.416 e. The second-order valence-corrected chi connectivity index (χ2v) is 3.59. The van der Waals surface area contributed by atoms with E-state index in [0.29, 0.717) is 5.01 Å². The van der Waals surface area contributed by atoms with Crippen molar-refractivity contribution in [2.24, 2.45) is 0 Å². The molecule has 2 rings (SSSR count). The number of aromatic nitrogens is 1. The van der Waals surface area contributed by atoms with Crippen molar-refractivity contribution >= 4 is 11.3 Å². The van der Waals surface area contributed by atoms with E-state index in [4.69, 9.17) is 0 Å². The van der Waals surface area contributed by atoms with E-state index in [1.807, 2.05) is 30.3 Å². The van der Waals surface area contributed by atoms with Gasteiger partial charge < -0.3 is 4.74 Å². The van der Waals surface area contributed by atoms with Gasteiger partial charge in [0.1, 0.15) is 5.01 Å². The van der Waals surface area contributed by atoms with Gasteiger partial charge in [-0.1, -0.05) is 30.3 Å². The molecule has 0 saturated carbocycles. The van der Waals surface area contributed by atoms with E-state index in [1.165, 1.54) is 16.7 Å². The van der Waals surface area contributed by atoms with Crippen LogP contribution in [-0.4, -0.2) is 11.6 Å². The first-order valence-electron chi connectivity index (χ1n) is 4.21. The van der Waals surface area contributed by atoms with E-state index in [9.17, 15) is 8.78 Å². The summed E-state index contributed by atoms with van der Waals surface area (Å²) in [5, 5.41) is 2.14. The average molecular weight is 227 g/mol. The Labute approximate surface area is 89.2 Å². The molecule has 1 heterocycles. The highest BCUT2D eigenvalue weighted by atomic mass is 32.1. The van der Waals surface area contributed by atoms with Crippen molar-refractivity contribution < 1.29 is 13.5 Å². The highest BCUT2D eigenvalue weighted by Gasteiger charge is 2.09. The van der Waals surface area contributed by atoms with E-state index < -0.39 is 6.61 Å². The van der Waals surface area contributed by atoms with Crippen molar-refractivity contribution in [2.75, 3.05) is 0 Å². The molecule has 0 saturated heterocycles. The molecule has 0 aliphatic carbocycles. The highest BCUT2D eigenvalue weighted by molar-refractivity contribution is 7.13. The van der Waals surface area contributed by atoms with Crippen LogP contribution in [0, 0.1) is 0 Å². The van der Waals surface area contributed by atoms with E-state index in [0.717, 1.165) is 5.56 Å². The highest BCUT2D eigenvalue weighted by Crippen LogP contribution is 2.27. The van der Waals surface area contributed by atoms with Crippen LogP contribution in [0.15, 0.2) is 35.7 Å². The molecule has 0 N–H and O–H groups in total. The van der Waals surface area contributed by atoms with Crippen LogP contribution in [0.5, 0.6) is 5.88 Å². The lowest BCUT2D eigenvalue weighted by Gasteiger charge is -1.98. The Balaban J connectivity index is 2.21. The van der Waals surface area contributed by atoms with Crippen LogP contribution in [0.2, 0.25) is 0 Å². The van der Waals surface area contributed by atoms with Crippen molar-refractivity contribution in [3.05, 3.63) is 35.7 Å². The Morgan fingerprint density at radius 3 is 2.60 bits per heavy atom. The van der Waals surface area contributed by atoms with Crippen LogP contribution in [0.1, 0.15) is 0 Å². The zero-order chi connectivity index (χ0) is 10.7. The van der Waals surface area contributed by atoms with E-state index in [2.05, 4.69) is 9.72 Å². The molecule has 0 spiro atoms. The molecule has 0 unspecified atom stereocenters. The second kappa shape index (κ2) is 4.35. The molecule has 2 nitrogen and oxygen atoms in total. The van der Waals surface area contributed by atoms with Crippen molar-refractivity contribution in [2.45, 2.75) is 6.61 Å². The van der Waals surface area contributed by atoms with Gasteiger partial charge in [-0.25, -0.2) is 4.98 Å². The number of halogens is 2. The Morgan fingerprint density at radius 2 is 1.93 bits per heavy atom. The first kappa shape index (κ1) is 10.0. The smallest absolute Gasteiger partial charge is 0.388 e. The number of ether oxygens (including phenoxy) is 1. The van der Waals surface area contributed by atoms with Crippen molar-refractivity contribution in [3.63, 3.8) is 0 Å². The molecular formula is C10H7F2NOS. The molecule has 78 valence electrons. The predicted molar refractivity (Wildman–Crippen MR) is 54.2 cm³/mol. The largest absolute Gasteiger partial charge is 0.416 e. The molecule has 0 amide bonds. The molecule has 5 heteroatoms. The summed E-state index contributed by atoms with van der Waals surface area (Å²) in [6.07, 6.45) is 0. The number of thiazole rings is 1. The van der Waals surface area contributed by atoms with Gasteiger partial charge in [-0.3, -0.25) is 0 Å². The van der Waals surface area contributed by atoms with Gasteiger partial charge in [-0.05, 0) is 0 Å². The summed E-state index contributed by atoms with van der Waals surface area (Å²) in [4.78, 5) is 3.94. The van der Waals surface area contributed by atoms with Gasteiger partial charge in [0.2, 0.25) is 5.88 Å². The van der Waals surface area contributed by atoms with Crippen LogP contribution >= 0.6 is 11.3 Å². The molecule has 1 aromatic carbocycles. The third-order valence-corrected chi connectivity index (χ3v) is 2.58. The van der Waals surface area contributed by atoms with Gasteiger partial charge >= 0.3 is 6.61 Å². The van der Waals surface area contributed by atoms with Crippen molar-refractivity contribution in [1.82, 2.24) is 4.98 Å². The third kappa shape index (κ3) is 2.50. The van der Waals surface area contributed by atoms with Crippen LogP contribution < -0.4 is 4.74 Å². The molecular weight excluding hydrogens is 220 g/mol. The van der Waals surface area contributed by atoms with Gasteiger partial charge in [0.15, 0.2) is 0 Å². The molecule has 0 fully saturated rings. The SMILES string of the molecule is FC(F)Oc1csc(-c2ccccc2)n1. The lowest BCUT2D eigenvalue weighted by atomic mass is 10.2. The van der Waals surface area contributed by atoms with Crippen molar-refractivity contribution in [3.8, 4) is 16.5 Å². The normalized spacial score (nSPS) is 10.6. The first-order valence-corrected chi connectivity index (χ1v) is 5.09. The summed E-state index contributed by atoms with van der Waals surface area (Å²) in [6, 6.07) is 9.35. The Hall–Kier alpha value is -1.49. The fraction of sp³-hybridized carbons (Fsp3) is 0.100. The minimum atomic E-state index is -2.82. The van der Waals surface area contributed by atoms with Gasteiger partial charge in [0, 0.05) is 5.56 Å². The van der Waals surface area contributed by atoms with E-state index in [1.54, 1.807) is 0 Å². The number of rotatable bonds is 3. The lowest BCUT2D eigenvalue weighted by molar-refractivity contribution is -0.0523. The van der Waals surface area contributed by atoms with Crippen LogP contribution in [0.3, 0.4) is 0 Å². The standard InChI is InChI=1S/C10H7F2NOS/c11-10(12)14-8-6-15-9(13-8)7-4-2-1-3-5-7/h1-6,10H. The van der Waals surface area contributed by atoms with Crippen LogP contribution in [0.4, 0.5) is 8.78 Å². The van der Waals surface area contributed by atoms with Crippen LogP contribution in [0.25, 0.3) is 10.6 Å². The van der Waals surface area contributed by atoms with Gasteiger partial charge in [-0.15, -0.1) is 11.3 Å². The number of nitrogens with zero attached hydrogens (tertiary/aromatic N) is 1. The number of alkyl halides is 2. The molecule has 0 aliphatic heterocycles. The Kier molecular flexibility index (Phi) is 2.91. The second-order valence-electron chi connectivity index (χ2n) is 2.74. The molecule has 15 heavy (non-hydrogen) atoms. The summed E-state index contributed by atoms with van der Waals surface area (Å²) in [7, 11) is 0. The first-order chi connectivity index (χ1) is 7.25. The Morgan fingerprint density at radius 1 is 1.20 bits per heavy atom. The van der Waals surface area contributed by atoms with Crippen molar-refractivity contribution in [1.29, 1.82) is 0 Å². The summed E-state index contributed by atoms with van der Waals surface area (Å²) in [6.45, 7) is -2.82. The monoisotopic (exact) mass is 227 g/mol. The zero-order valence-corrected chi connectivity index (χ0v) is 8.38. The maximum absolute atomic E-state index is 11.9. The van der Waals surface area contributed by atoms with E-state index >= 15 is 0 Å². The molecule has 0 aliphatic rings. The maximum Gasteiger partial charge on any atom is 0.388 e. The van der Waals surface area contributed by atoms with E-state index in [-0.39, 0.29) is 5.88 Å². The summed E-state index contributed by atoms with van der Waals surface area (Å²) in [5.74, 6) is -0.0335. The number of hydrogen-bond acceptors (Lipinski definition) is 3. The molecule has 0 bridgehead atoms. The minimum absolute atomic E-state index is 0.0335. The summed E-state index contributed by atoms with van der Waals surface area (Å²) in [5.41, 5.74) is 0.895. The molecule has 1 aromatic heterocycles. The average Bonchev–Trinajstić information content (AvgIpc) is 2.67. The number of benzene rings is 1. The molecule has 0 atom stereocenters. The predicted octanol–water partition coefficient (Wildman–Crippen LogP) is 3.41. The fourth-order valence-electron chi connectivity index (χ4n) is 1.12. The topological polar surface area (TPSA) is 22.1 Å². The quantitative estimate of drug-likeness (QED) is 0.801. The van der Waals surface area contributed by atoms with Crippen LogP contribution in [-0.2, 0) is 0 Å². The summed E-state index contributed by atoms with van der Waals surface area (Å²) >= 11 is 1.28. The molecule has 0 radical (unpaired) electrons. The lowest BCUT2D eigenvalue weighted by Crippen LogP contribution is -2.01. The van der Waals surface area contributed by atoms with Gasteiger partial charge in [0.25, 0.3) is 0 Å². The zero-order valence-electron chi connectivity index (χ0n) is 7.56. The Bertz CT molecular complexity index is 430. The van der Waals surface area contributed by atoms with Gasteiger partial charge in [0.05, 0.1) is 5.38 Å². The third-order valence-electron chi connectivity index (χ3n) is 1.71.